The Kier molecular flexibility index (Phi) is 3.88. The molecule has 1 amide bonds. The molecule has 0 aliphatic heterocycles. The standard InChI is InChI=1S/C10H20N2O3/c1-6(11)7(13)12-10(5,8(14)15)9(2,3)4/h6H,11H2,1-5H3,(H,12,13)(H,14,15)/t6-,10+/m0/s1. The van der Waals surface area contributed by atoms with E-state index in [1.54, 1.807) is 20.8 Å². The lowest BCUT2D eigenvalue weighted by Crippen LogP contribution is -2.62. The lowest BCUT2D eigenvalue weighted by molar-refractivity contribution is -0.152. The molecule has 5 heteroatoms. The molecule has 88 valence electrons. The summed E-state index contributed by atoms with van der Waals surface area (Å²) in [6.45, 7) is 8.25. The third-order valence-corrected chi connectivity index (χ3v) is 2.71. The summed E-state index contributed by atoms with van der Waals surface area (Å²) in [7, 11) is 0. The highest BCUT2D eigenvalue weighted by molar-refractivity contribution is 5.89. The fraction of sp³-hybridized carbons (Fsp3) is 0.800. The molecule has 0 aliphatic rings. The minimum absolute atomic E-state index is 0.463. The van der Waals surface area contributed by atoms with Crippen LogP contribution in [0.5, 0.6) is 0 Å². The fourth-order valence-corrected chi connectivity index (χ4v) is 0.922. The van der Waals surface area contributed by atoms with Gasteiger partial charge >= 0.3 is 5.97 Å². The van der Waals surface area contributed by atoms with Gasteiger partial charge in [-0.05, 0) is 19.3 Å². The largest absolute Gasteiger partial charge is 0.479 e. The molecule has 2 atom stereocenters. The number of nitrogens with two attached hydrogens (primary N) is 1. The van der Waals surface area contributed by atoms with Gasteiger partial charge in [0.05, 0.1) is 6.04 Å². The van der Waals surface area contributed by atoms with Gasteiger partial charge < -0.3 is 16.2 Å². The van der Waals surface area contributed by atoms with Crippen molar-refractivity contribution in [3.05, 3.63) is 0 Å². The summed E-state index contributed by atoms with van der Waals surface area (Å²) in [5.74, 6) is -1.53. The number of aliphatic carboxylic acids is 1. The van der Waals surface area contributed by atoms with Gasteiger partial charge in [-0.15, -0.1) is 0 Å². The van der Waals surface area contributed by atoms with E-state index in [1.807, 2.05) is 0 Å². The van der Waals surface area contributed by atoms with Crippen LogP contribution in [0, 0.1) is 5.41 Å². The Labute approximate surface area is 90.0 Å². The zero-order chi connectivity index (χ0) is 12.4. The van der Waals surface area contributed by atoms with Crippen molar-refractivity contribution in [3.63, 3.8) is 0 Å². The summed E-state index contributed by atoms with van der Waals surface area (Å²) in [6.07, 6.45) is 0. The number of rotatable bonds is 3. The smallest absolute Gasteiger partial charge is 0.329 e. The second kappa shape index (κ2) is 4.18. The number of hydrogen-bond acceptors (Lipinski definition) is 3. The quantitative estimate of drug-likeness (QED) is 0.634. The molecule has 0 saturated carbocycles. The number of carboxylic acid groups (broad SMARTS) is 1. The molecule has 5 nitrogen and oxygen atoms in total. The maximum Gasteiger partial charge on any atom is 0.329 e. The van der Waals surface area contributed by atoms with Crippen LogP contribution in [0.15, 0.2) is 0 Å². The van der Waals surface area contributed by atoms with E-state index < -0.39 is 28.9 Å². The van der Waals surface area contributed by atoms with Gasteiger partial charge in [0.25, 0.3) is 0 Å². The fourth-order valence-electron chi connectivity index (χ4n) is 0.922. The Morgan fingerprint density at radius 1 is 1.27 bits per heavy atom. The van der Waals surface area contributed by atoms with E-state index in [2.05, 4.69) is 5.32 Å². The molecule has 0 bridgehead atoms. The number of amides is 1. The lowest BCUT2D eigenvalue weighted by atomic mass is 9.74. The summed E-state index contributed by atoms with van der Waals surface area (Å²) in [5.41, 5.74) is 3.47. The van der Waals surface area contributed by atoms with Crippen molar-refractivity contribution in [1.29, 1.82) is 0 Å². The van der Waals surface area contributed by atoms with Gasteiger partial charge in [0.15, 0.2) is 0 Å². The second-order valence-electron chi connectivity index (χ2n) is 4.96. The Bertz CT molecular complexity index is 268. The van der Waals surface area contributed by atoms with Gasteiger partial charge in [-0.2, -0.15) is 0 Å². The predicted octanol–water partition coefficient (Wildman–Crippen LogP) is 0.339. The van der Waals surface area contributed by atoms with Gasteiger partial charge in [-0.3, -0.25) is 4.79 Å². The van der Waals surface area contributed by atoms with Gasteiger partial charge in [-0.1, -0.05) is 20.8 Å². The SMILES string of the molecule is C[C@H](N)C(=O)N[C@](C)(C(=O)O)C(C)(C)C. The molecule has 0 unspecified atom stereocenters. The van der Waals surface area contributed by atoms with Crippen molar-refractivity contribution in [3.8, 4) is 0 Å². The number of carbonyl (C=O) groups excluding carboxylic acids is 1. The average Bonchev–Trinajstić information content (AvgIpc) is 2.01. The van der Waals surface area contributed by atoms with Crippen LogP contribution in [0.4, 0.5) is 0 Å². The molecule has 0 fully saturated rings. The highest BCUT2D eigenvalue weighted by atomic mass is 16.4. The van der Waals surface area contributed by atoms with Crippen molar-refractivity contribution < 1.29 is 14.7 Å². The van der Waals surface area contributed by atoms with E-state index >= 15 is 0 Å². The molecule has 0 radical (unpaired) electrons. The summed E-state index contributed by atoms with van der Waals surface area (Å²) >= 11 is 0. The summed E-state index contributed by atoms with van der Waals surface area (Å²) < 4.78 is 0. The van der Waals surface area contributed by atoms with Gasteiger partial charge in [0, 0.05) is 0 Å². The van der Waals surface area contributed by atoms with Crippen LogP contribution >= 0.6 is 0 Å². The Balaban J connectivity index is 5.01. The topological polar surface area (TPSA) is 92.4 Å². The van der Waals surface area contributed by atoms with Crippen LogP contribution < -0.4 is 11.1 Å². The normalized spacial score (nSPS) is 17.7. The molecular weight excluding hydrogens is 196 g/mol. The Morgan fingerprint density at radius 3 is 1.87 bits per heavy atom. The number of hydrogen-bond donors (Lipinski definition) is 3. The predicted molar refractivity (Wildman–Crippen MR) is 57.3 cm³/mol. The number of nitrogens with one attached hydrogen (secondary N) is 1. The van der Waals surface area contributed by atoms with Crippen LogP contribution in [0.25, 0.3) is 0 Å². The first kappa shape index (κ1) is 13.9. The van der Waals surface area contributed by atoms with Crippen LogP contribution in [0.2, 0.25) is 0 Å². The molecule has 0 aromatic heterocycles. The van der Waals surface area contributed by atoms with Gasteiger partial charge in [0.1, 0.15) is 5.54 Å². The molecular formula is C10H20N2O3. The summed E-state index contributed by atoms with van der Waals surface area (Å²) in [6, 6.07) is -0.717. The van der Waals surface area contributed by atoms with E-state index in [0.29, 0.717) is 0 Å². The van der Waals surface area contributed by atoms with Crippen LogP contribution in [0.3, 0.4) is 0 Å². The second-order valence-corrected chi connectivity index (χ2v) is 4.96. The van der Waals surface area contributed by atoms with Gasteiger partial charge in [0.2, 0.25) is 5.91 Å². The first-order valence-electron chi connectivity index (χ1n) is 4.83. The van der Waals surface area contributed by atoms with Crippen LogP contribution in [0.1, 0.15) is 34.6 Å². The first-order chi connectivity index (χ1) is 6.52. The minimum atomic E-state index is -1.32. The zero-order valence-electron chi connectivity index (χ0n) is 9.92. The van der Waals surface area contributed by atoms with Crippen LogP contribution in [-0.4, -0.2) is 28.6 Å². The highest BCUT2D eigenvalue weighted by Crippen LogP contribution is 2.30. The minimum Gasteiger partial charge on any atom is -0.479 e. The molecule has 15 heavy (non-hydrogen) atoms. The monoisotopic (exact) mass is 216 g/mol. The van der Waals surface area contributed by atoms with E-state index in [4.69, 9.17) is 10.8 Å². The van der Waals surface area contributed by atoms with Crippen molar-refractivity contribution >= 4 is 11.9 Å². The zero-order valence-corrected chi connectivity index (χ0v) is 9.92. The van der Waals surface area contributed by atoms with Crippen molar-refractivity contribution in [2.24, 2.45) is 11.1 Å². The van der Waals surface area contributed by atoms with Crippen molar-refractivity contribution in [2.75, 3.05) is 0 Å². The third kappa shape index (κ3) is 2.92. The molecule has 0 heterocycles. The first-order valence-corrected chi connectivity index (χ1v) is 4.83. The molecule has 0 spiro atoms. The van der Waals surface area contributed by atoms with Crippen LogP contribution in [-0.2, 0) is 9.59 Å². The van der Waals surface area contributed by atoms with E-state index in [-0.39, 0.29) is 0 Å². The maximum absolute atomic E-state index is 11.4. The van der Waals surface area contributed by atoms with Gasteiger partial charge in [-0.25, -0.2) is 4.79 Å². The molecule has 0 rings (SSSR count). The molecule has 0 saturated heterocycles. The summed E-state index contributed by atoms with van der Waals surface area (Å²) in [4.78, 5) is 22.6. The lowest BCUT2D eigenvalue weighted by Gasteiger charge is -2.39. The molecule has 4 N–H and O–H groups in total. The third-order valence-electron chi connectivity index (χ3n) is 2.71. The van der Waals surface area contributed by atoms with Crippen molar-refractivity contribution in [2.45, 2.75) is 46.2 Å². The Morgan fingerprint density at radius 2 is 1.67 bits per heavy atom. The molecule has 0 aliphatic carbocycles. The summed E-state index contributed by atoms with van der Waals surface area (Å²) in [5, 5.41) is 11.6. The highest BCUT2D eigenvalue weighted by Gasteiger charge is 2.46. The molecule has 0 aromatic carbocycles. The van der Waals surface area contributed by atoms with E-state index in [1.165, 1.54) is 13.8 Å². The Hall–Kier alpha value is -1.10. The van der Waals surface area contributed by atoms with E-state index in [0.717, 1.165) is 0 Å². The number of carbonyl (C=O) groups is 2. The maximum atomic E-state index is 11.4. The van der Waals surface area contributed by atoms with E-state index in [9.17, 15) is 9.59 Å². The average molecular weight is 216 g/mol. The number of carboxylic acids is 1. The van der Waals surface area contributed by atoms with Crippen molar-refractivity contribution in [1.82, 2.24) is 5.32 Å². The molecule has 0 aromatic rings.